The van der Waals surface area contributed by atoms with Crippen molar-refractivity contribution in [3.05, 3.63) is 57.1 Å². The molecular formula is C15H14Cl2. The SMILES string of the molecule is Cc1cc(Cl)c(C)c(-c2ccc(Cl)c(C)c2)c1. The quantitative estimate of drug-likeness (QED) is 0.630. The highest BCUT2D eigenvalue weighted by atomic mass is 35.5. The summed E-state index contributed by atoms with van der Waals surface area (Å²) >= 11 is 12.3. The first-order chi connectivity index (χ1) is 7.99. The molecule has 0 aliphatic carbocycles. The van der Waals surface area contributed by atoms with E-state index in [0.717, 1.165) is 26.7 Å². The Morgan fingerprint density at radius 2 is 1.53 bits per heavy atom. The molecule has 0 fully saturated rings. The second-order valence-corrected chi connectivity index (χ2v) is 5.20. The van der Waals surface area contributed by atoms with E-state index in [9.17, 15) is 0 Å². The zero-order chi connectivity index (χ0) is 12.6. The van der Waals surface area contributed by atoms with E-state index < -0.39 is 0 Å². The highest BCUT2D eigenvalue weighted by molar-refractivity contribution is 6.32. The van der Waals surface area contributed by atoms with Crippen LogP contribution in [0.1, 0.15) is 16.7 Å². The Bertz CT molecular complexity index is 571. The molecule has 0 radical (unpaired) electrons. The lowest BCUT2D eigenvalue weighted by molar-refractivity contribution is 1.38. The highest BCUT2D eigenvalue weighted by Gasteiger charge is 2.07. The summed E-state index contributed by atoms with van der Waals surface area (Å²) in [6.07, 6.45) is 0. The van der Waals surface area contributed by atoms with E-state index in [4.69, 9.17) is 23.2 Å². The van der Waals surface area contributed by atoms with Crippen molar-refractivity contribution in [2.45, 2.75) is 20.8 Å². The first-order valence-corrected chi connectivity index (χ1v) is 6.28. The molecule has 0 heterocycles. The molecule has 2 aromatic rings. The Hall–Kier alpha value is -0.980. The first kappa shape index (κ1) is 12.5. The maximum Gasteiger partial charge on any atom is 0.0444 e. The summed E-state index contributed by atoms with van der Waals surface area (Å²) in [5.74, 6) is 0. The minimum atomic E-state index is 0.796. The van der Waals surface area contributed by atoms with E-state index in [1.165, 1.54) is 11.1 Å². The van der Waals surface area contributed by atoms with Gasteiger partial charge in [0.1, 0.15) is 0 Å². The lowest BCUT2D eigenvalue weighted by atomic mass is 9.97. The fourth-order valence-corrected chi connectivity index (χ4v) is 2.32. The van der Waals surface area contributed by atoms with Crippen LogP contribution in [0, 0.1) is 20.8 Å². The number of hydrogen-bond donors (Lipinski definition) is 0. The number of rotatable bonds is 1. The average molecular weight is 265 g/mol. The fraction of sp³-hybridized carbons (Fsp3) is 0.200. The molecule has 0 aromatic heterocycles. The van der Waals surface area contributed by atoms with Crippen LogP contribution in [0.4, 0.5) is 0 Å². The van der Waals surface area contributed by atoms with Crippen molar-refractivity contribution in [1.82, 2.24) is 0 Å². The molecule has 0 saturated carbocycles. The van der Waals surface area contributed by atoms with Crippen LogP contribution < -0.4 is 0 Å². The summed E-state index contributed by atoms with van der Waals surface area (Å²) in [5, 5.41) is 1.61. The molecule has 2 aromatic carbocycles. The molecule has 0 aliphatic heterocycles. The minimum Gasteiger partial charge on any atom is -0.0841 e. The summed E-state index contributed by atoms with van der Waals surface area (Å²) in [4.78, 5) is 0. The topological polar surface area (TPSA) is 0 Å². The van der Waals surface area contributed by atoms with Gasteiger partial charge in [-0.15, -0.1) is 0 Å². The second kappa shape index (κ2) is 4.72. The van der Waals surface area contributed by atoms with Crippen molar-refractivity contribution in [3.8, 4) is 11.1 Å². The van der Waals surface area contributed by atoms with Gasteiger partial charge in [0.25, 0.3) is 0 Å². The van der Waals surface area contributed by atoms with E-state index in [1.54, 1.807) is 0 Å². The van der Waals surface area contributed by atoms with Crippen LogP contribution in [0.2, 0.25) is 10.0 Å². The number of benzene rings is 2. The Labute approximate surface area is 112 Å². The first-order valence-electron chi connectivity index (χ1n) is 5.52. The maximum absolute atomic E-state index is 6.21. The predicted molar refractivity (Wildman–Crippen MR) is 76.1 cm³/mol. The highest BCUT2D eigenvalue weighted by Crippen LogP contribution is 2.31. The number of hydrogen-bond acceptors (Lipinski definition) is 0. The molecular weight excluding hydrogens is 251 g/mol. The van der Waals surface area contributed by atoms with Gasteiger partial charge in [-0.25, -0.2) is 0 Å². The van der Waals surface area contributed by atoms with Crippen molar-refractivity contribution < 1.29 is 0 Å². The molecule has 0 nitrogen and oxygen atoms in total. The summed E-state index contributed by atoms with van der Waals surface area (Å²) in [7, 11) is 0. The molecule has 0 bridgehead atoms. The summed E-state index contributed by atoms with van der Waals surface area (Å²) in [6, 6.07) is 10.2. The van der Waals surface area contributed by atoms with Crippen LogP contribution in [0.3, 0.4) is 0 Å². The van der Waals surface area contributed by atoms with Crippen molar-refractivity contribution in [2.24, 2.45) is 0 Å². The van der Waals surface area contributed by atoms with Gasteiger partial charge >= 0.3 is 0 Å². The molecule has 0 aliphatic rings. The Morgan fingerprint density at radius 3 is 2.18 bits per heavy atom. The van der Waals surface area contributed by atoms with Gasteiger partial charge < -0.3 is 0 Å². The van der Waals surface area contributed by atoms with Crippen molar-refractivity contribution >= 4 is 23.2 Å². The van der Waals surface area contributed by atoms with E-state index in [2.05, 4.69) is 19.1 Å². The summed E-state index contributed by atoms with van der Waals surface area (Å²) in [5.41, 5.74) is 5.70. The molecule has 0 N–H and O–H groups in total. The smallest absolute Gasteiger partial charge is 0.0444 e. The number of halogens is 2. The summed E-state index contributed by atoms with van der Waals surface area (Å²) < 4.78 is 0. The Kier molecular flexibility index (Phi) is 3.46. The van der Waals surface area contributed by atoms with Gasteiger partial charge in [-0.2, -0.15) is 0 Å². The number of aryl methyl sites for hydroxylation is 2. The monoisotopic (exact) mass is 264 g/mol. The van der Waals surface area contributed by atoms with Crippen LogP contribution >= 0.6 is 23.2 Å². The van der Waals surface area contributed by atoms with Crippen LogP contribution in [0.15, 0.2) is 30.3 Å². The molecule has 0 unspecified atom stereocenters. The van der Waals surface area contributed by atoms with Gasteiger partial charge in [0.15, 0.2) is 0 Å². The maximum atomic E-state index is 6.21. The van der Waals surface area contributed by atoms with Gasteiger partial charge in [-0.3, -0.25) is 0 Å². The van der Waals surface area contributed by atoms with Gasteiger partial charge in [0.2, 0.25) is 0 Å². The molecule has 0 amide bonds. The zero-order valence-electron chi connectivity index (χ0n) is 10.1. The molecule has 17 heavy (non-hydrogen) atoms. The zero-order valence-corrected chi connectivity index (χ0v) is 11.7. The van der Waals surface area contributed by atoms with E-state index >= 15 is 0 Å². The van der Waals surface area contributed by atoms with Crippen LogP contribution in [0.25, 0.3) is 11.1 Å². The lowest BCUT2D eigenvalue weighted by Gasteiger charge is -2.11. The minimum absolute atomic E-state index is 0.796. The third-order valence-corrected chi connectivity index (χ3v) is 3.77. The molecule has 0 atom stereocenters. The summed E-state index contributed by atoms with van der Waals surface area (Å²) in [6.45, 7) is 6.11. The largest absolute Gasteiger partial charge is 0.0841 e. The molecule has 0 spiro atoms. The fourth-order valence-electron chi connectivity index (χ4n) is 1.93. The van der Waals surface area contributed by atoms with Crippen LogP contribution in [-0.2, 0) is 0 Å². The second-order valence-electron chi connectivity index (χ2n) is 4.38. The standard InChI is InChI=1S/C15H14Cl2/c1-9-6-13(11(3)15(17)7-9)12-4-5-14(16)10(2)8-12/h4-8H,1-3H3. The molecule has 0 saturated heterocycles. The van der Waals surface area contributed by atoms with Gasteiger partial charge in [0.05, 0.1) is 0 Å². The van der Waals surface area contributed by atoms with Gasteiger partial charge in [0, 0.05) is 10.0 Å². The molecule has 88 valence electrons. The van der Waals surface area contributed by atoms with E-state index in [0.29, 0.717) is 0 Å². The predicted octanol–water partition coefficient (Wildman–Crippen LogP) is 5.59. The third-order valence-electron chi connectivity index (χ3n) is 2.96. The van der Waals surface area contributed by atoms with E-state index in [-0.39, 0.29) is 0 Å². The Balaban J connectivity index is 2.64. The normalized spacial score (nSPS) is 10.6. The lowest BCUT2D eigenvalue weighted by Crippen LogP contribution is -1.88. The van der Waals surface area contributed by atoms with Crippen LogP contribution in [0.5, 0.6) is 0 Å². The van der Waals surface area contributed by atoms with Crippen molar-refractivity contribution in [2.75, 3.05) is 0 Å². The van der Waals surface area contributed by atoms with Crippen LogP contribution in [-0.4, -0.2) is 0 Å². The van der Waals surface area contributed by atoms with Crippen molar-refractivity contribution in [3.63, 3.8) is 0 Å². The molecule has 2 heteroatoms. The van der Waals surface area contributed by atoms with Gasteiger partial charge in [-0.1, -0.05) is 35.3 Å². The average Bonchev–Trinajstić information content (AvgIpc) is 2.27. The Morgan fingerprint density at radius 1 is 0.824 bits per heavy atom. The molecule has 2 rings (SSSR count). The van der Waals surface area contributed by atoms with Gasteiger partial charge in [-0.05, 0) is 66.8 Å². The third kappa shape index (κ3) is 2.48. The van der Waals surface area contributed by atoms with E-state index in [1.807, 2.05) is 32.0 Å². The van der Waals surface area contributed by atoms with Crippen molar-refractivity contribution in [1.29, 1.82) is 0 Å².